The minimum Gasteiger partial charge on any atom is -0.421 e. The normalized spacial score (nSPS) is 31.0. The van der Waals surface area contributed by atoms with E-state index in [9.17, 15) is 14.4 Å². The largest absolute Gasteiger partial charge is 0.421 e. The van der Waals surface area contributed by atoms with Crippen molar-refractivity contribution in [1.82, 2.24) is 4.98 Å². The van der Waals surface area contributed by atoms with Gasteiger partial charge in [-0.25, -0.2) is 9.69 Å². The first-order valence-corrected chi connectivity index (χ1v) is 11.3. The zero-order valence-electron chi connectivity index (χ0n) is 17.6. The highest BCUT2D eigenvalue weighted by molar-refractivity contribution is 6.23. The molecule has 2 amide bonds. The zero-order valence-corrected chi connectivity index (χ0v) is 17.6. The molecule has 0 spiro atoms. The molecule has 8 rings (SSSR count). The highest BCUT2D eigenvalue weighted by atomic mass is 16.5. The molecule has 5 aliphatic rings. The number of aromatic nitrogens is 1. The van der Waals surface area contributed by atoms with Gasteiger partial charge in [-0.3, -0.25) is 14.6 Å². The number of carbonyl (C=O) groups is 3. The number of esters is 1. The summed E-state index contributed by atoms with van der Waals surface area (Å²) in [4.78, 5) is 45.3. The Balaban J connectivity index is 1.19. The number of nitrogens with zero attached hydrogens (tertiary/aromatic N) is 2. The fourth-order valence-electron chi connectivity index (χ4n) is 6.30. The molecule has 1 aromatic heterocycles. The molecule has 0 unspecified atom stereocenters. The van der Waals surface area contributed by atoms with Crippen molar-refractivity contribution in [2.75, 3.05) is 4.90 Å². The molecule has 3 fully saturated rings. The van der Waals surface area contributed by atoms with E-state index < -0.39 is 5.97 Å². The lowest BCUT2D eigenvalue weighted by molar-refractivity contribution is -0.124. The number of rotatable bonds is 3. The van der Waals surface area contributed by atoms with Crippen molar-refractivity contribution in [2.45, 2.75) is 6.42 Å². The maximum atomic E-state index is 13.4. The van der Waals surface area contributed by atoms with Gasteiger partial charge in [-0.1, -0.05) is 36.4 Å². The topological polar surface area (TPSA) is 76.6 Å². The Labute approximate surface area is 189 Å². The second-order valence-corrected chi connectivity index (χ2v) is 9.44. The Morgan fingerprint density at radius 2 is 1.61 bits per heavy atom. The van der Waals surface area contributed by atoms with E-state index in [0.717, 1.165) is 11.8 Å². The minimum atomic E-state index is -0.561. The SMILES string of the molecule is O=C(Oc1cccc2cccnc12)c1cccc(N2C(=O)[C@H]3[C@@H]4C=C[C@H]([C@H]5C[C@H]45)[C@@H]3C2=O)c1. The van der Waals surface area contributed by atoms with Gasteiger partial charge in [0.05, 0.1) is 23.1 Å². The molecule has 6 atom stereocenters. The van der Waals surface area contributed by atoms with Crippen LogP contribution in [0.15, 0.2) is 72.9 Å². The number of para-hydroxylation sites is 1. The summed E-state index contributed by atoms with van der Waals surface area (Å²) >= 11 is 0. The number of anilines is 1. The van der Waals surface area contributed by atoms with Crippen LogP contribution in [0, 0.1) is 35.5 Å². The van der Waals surface area contributed by atoms with Crippen LogP contribution in [-0.2, 0) is 9.59 Å². The summed E-state index contributed by atoms with van der Waals surface area (Å²) in [5.74, 6) is 0.414. The van der Waals surface area contributed by atoms with Crippen molar-refractivity contribution in [2.24, 2.45) is 35.5 Å². The van der Waals surface area contributed by atoms with Crippen molar-refractivity contribution < 1.29 is 19.1 Å². The van der Waals surface area contributed by atoms with E-state index >= 15 is 0 Å². The maximum absolute atomic E-state index is 13.4. The lowest BCUT2D eigenvalue weighted by atomic mass is 9.63. The van der Waals surface area contributed by atoms with Crippen LogP contribution in [0.25, 0.3) is 10.9 Å². The van der Waals surface area contributed by atoms with Gasteiger partial charge in [-0.2, -0.15) is 0 Å². The highest BCUT2D eigenvalue weighted by Crippen LogP contribution is 2.65. The third-order valence-electron chi connectivity index (χ3n) is 7.80. The van der Waals surface area contributed by atoms with Crippen LogP contribution in [0.4, 0.5) is 5.69 Å². The summed E-state index contributed by atoms with van der Waals surface area (Å²) in [5, 5.41) is 0.869. The van der Waals surface area contributed by atoms with Crippen molar-refractivity contribution in [3.05, 3.63) is 78.5 Å². The number of hydrogen-bond acceptors (Lipinski definition) is 5. The van der Waals surface area contributed by atoms with Crippen LogP contribution in [0.3, 0.4) is 0 Å². The predicted octanol–water partition coefficient (Wildman–Crippen LogP) is 4.01. The van der Waals surface area contributed by atoms with Crippen LogP contribution < -0.4 is 9.64 Å². The van der Waals surface area contributed by atoms with Gasteiger partial charge in [0.2, 0.25) is 11.8 Å². The van der Waals surface area contributed by atoms with Gasteiger partial charge in [-0.15, -0.1) is 0 Å². The third kappa shape index (κ3) is 2.61. The molecule has 2 saturated carbocycles. The molecule has 1 aliphatic heterocycles. The Bertz CT molecular complexity index is 1350. The summed E-state index contributed by atoms with van der Waals surface area (Å²) in [6.07, 6.45) is 7.08. The smallest absolute Gasteiger partial charge is 0.343 e. The zero-order chi connectivity index (χ0) is 22.3. The molecule has 6 nitrogen and oxygen atoms in total. The van der Waals surface area contributed by atoms with Crippen LogP contribution in [0.2, 0.25) is 0 Å². The summed E-state index contributed by atoms with van der Waals surface area (Å²) in [5.41, 5.74) is 1.30. The van der Waals surface area contributed by atoms with E-state index in [1.54, 1.807) is 42.6 Å². The molecule has 3 aromatic rings. The molecule has 33 heavy (non-hydrogen) atoms. The highest BCUT2D eigenvalue weighted by Gasteiger charge is 2.67. The van der Waals surface area contributed by atoms with Gasteiger partial charge in [-0.05, 0) is 60.4 Å². The predicted molar refractivity (Wildman–Crippen MR) is 120 cm³/mol. The number of benzene rings is 2. The standard InChI is InChI=1S/C27H20N2O4/c30-25-22-17-9-10-18(20-13-19(17)20)23(22)26(31)29(25)16-7-1-5-15(12-16)27(32)33-21-8-2-4-14-6-3-11-28-24(14)21/h1-12,17-20,22-23H,13H2/t17-,18-,19-,20-,22+,23+/m1/s1. The Morgan fingerprint density at radius 3 is 2.36 bits per heavy atom. The Hall–Kier alpha value is -3.80. The summed E-state index contributed by atoms with van der Waals surface area (Å²) in [7, 11) is 0. The van der Waals surface area contributed by atoms with Crippen molar-refractivity contribution in [1.29, 1.82) is 0 Å². The molecule has 4 aliphatic carbocycles. The first-order chi connectivity index (χ1) is 16.1. The molecular formula is C27H20N2O4. The van der Waals surface area contributed by atoms with E-state index in [-0.39, 0.29) is 41.0 Å². The number of hydrogen-bond donors (Lipinski definition) is 0. The van der Waals surface area contributed by atoms with Crippen LogP contribution in [-0.4, -0.2) is 22.8 Å². The van der Waals surface area contributed by atoms with Gasteiger partial charge < -0.3 is 4.74 Å². The fourth-order valence-corrected chi connectivity index (χ4v) is 6.30. The second kappa shape index (κ2) is 6.61. The van der Waals surface area contributed by atoms with Gasteiger partial charge in [0.1, 0.15) is 5.52 Å². The van der Waals surface area contributed by atoms with Gasteiger partial charge >= 0.3 is 5.97 Å². The number of pyridine rings is 1. The number of allylic oxidation sites excluding steroid dienone is 2. The minimum absolute atomic E-state index is 0.140. The maximum Gasteiger partial charge on any atom is 0.343 e. The fraction of sp³-hybridized carbons (Fsp3) is 0.259. The average molecular weight is 436 g/mol. The first-order valence-electron chi connectivity index (χ1n) is 11.3. The van der Waals surface area contributed by atoms with E-state index in [0.29, 0.717) is 28.8 Å². The number of carbonyl (C=O) groups excluding carboxylic acids is 3. The quantitative estimate of drug-likeness (QED) is 0.268. The molecular weight excluding hydrogens is 416 g/mol. The number of imide groups is 1. The van der Waals surface area contributed by atoms with E-state index in [4.69, 9.17) is 4.74 Å². The first kappa shape index (κ1) is 18.7. The van der Waals surface area contributed by atoms with Gasteiger partial charge in [0.15, 0.2) is 5.75 Å². The monoisotopic (exact) mass is 436 g/mol. The summed E-state index contributed by atoms with van der Waals surface area (Å²) < 4.78 is 5.64. The third-order valence-corrected chi connectivity index (χ3v) is 7.80. The molecule has 0 radical (unpaired) electrons. The second-order valence-electron chi connectivity index (χ2n) is 9.44. The van der Waals surface area contributed by atoms with Crippen LogP contribution in [0.1, 0.15) is 16.8 Å². The lowest BCUT2D eigenvalue weighted by Crippen LogP contribution is -2.40. The van der Waals surface area contributed by atoms with Gasteiger partial charge in [0, 0.05) is 11.6 Å². The molecule has 6 heteroatoms. The number of amides is 2. The van der Waals surface area contributed by atoms with Crippen LogP contribution >= 0.6 is 0 Å². The van der Waals surface area contributed by atoms with E-state index in [1.807, 2.05) is 18.2 Å². The van der Waals surface area contributed by atoms with Crippen molar-refractivity contribution in [3.63, 3.8) is 0 Å². The van der Waals surface area contributed by atoms with Crippen molar-refractivity contribution >= 4 is 34.4 Å². The molecule has 2 aromatic carbocycles. The molecule has 1 saturated heterocycles. The number of ether oxygens (including phenoxy) is 1. The summed E-state index contributed by atoms with van der Waals surface area (Å²) in [6, 6.07) is 15.7. The Kier molecular flexibility index (Phi) is 3.75. The van der Waals surface area contributed by atoms with E-state index in [1.165, 1.54) is 4.90 Å². The van der Waals surface area contributed by atoms with E-state index in [2.05, 4.69) is 17.1 Å². The molecule has 162 valence electrons. The lowest BCUT2D eigenvalue weighted by Gasteiger charge is -2.37. The molecule has 2 heterocycles. The number of fused-ring (bicyclic) bond motifs is 1. The van der Waals surface area contributed by atoms with Gasteiger partial charge in [0.25, 0.3) is 0 Å². The summed E-state index contributed by atoms with van der Waals surface area (Å²) in [6.45, 7) is 0. The van der Waals surface area contributed by atoms with Crippen LogP contribution in [0.5, 0.6) is 5.75 Å². The average Bonchev–Trinajstić information content (AvgIpc) is 3.62. The Morgan fingerprint density at radius 1 is 0.909 bits per heavy atom. The van der Waals surface area contributed by atoms with Crippen molar-refractivity contribution in [3.8, 4) is 5.75 Å². The molecule has 0 N–H and O–H groups in total. The molecule has 2 bridgehead atoms.